The highest BCUT2D eigenvalue weighted by molar-refractivity contribution is 5.92. The first-order valence-electron chi connectivity index (χ1n) is 9.24. The van der Waals surface area contributed by atoms with Crippen molar-refractivity contribution in [2.45, 2.75) is 57.2 Å². The molecule has 5 heteroatoms. The van der Waals surface area contributed by atoms with E-state index in [2.05, 4.69) is 46.6 Å². The maximum Gasteiger partial charge on any atom is 0.273 e. The summed E-state index contributed by atoms with van der Waals surface area (Å²) in [7, 11) is 0. The average molecular weight is 339 g/mol. The third-order valence-electron chi connectivity index (χ3n) is 5.32. The summed E-state index contributed by atoms with van der Waals surface area (Å²) in [5, 5.41) is 7.07. The average Bonchev–Trinajstić information content (AvgIpc) is 3.35. The third-order valence-corrected chi connectivity index (χ3v) is 5.32. The molecule has 25 heavy (non-hydrogen) atoms. The lowest BCUT2D eigenvalue weighted by Gasteiger charge is -2.37. The van der Waals surface area contributed by atoms with Crippen molar-refractivity contribution < 1.29 is 9.32 Å². The first-order valence-corrected chi connectivity index (χ1v) is 9.24. The highest BCUT2D eigenvalue weighted by Gasteiger charge is 2.30. The zero-order valence-corrected chi connectivity index (χ0v) is 14.6. The zero-order valence-electron chi connectivity index (χ0n) is 14.6. The lowest BCUT2D eigenvalue weighted by molar-refractivity contribution is 0.0858. The molecule has 0 spiro atoms. The Balaban J connectivity index is 1.30. The molecule has 2 aromatic rings. The van der Waals surface area contributed by atoms with Crippen LogP contribution in [0.4, 0.5) is 0 Å². The molecule has 2 heterocycles. The van der Waals surface area contributed by atoms with Crippen LogP contribution in [-0.2, 0) is 6.54 Å². The van der Waals surface area contributed by atoms with Crippen LogP contribution < -0.4 is 5.32 Å². The molecule has 0 unspecified atom stereocenters. The molecule has 132 valence electrons. The van der Waals surface area contributed by atoms with E-state index >= 15 is 0 Å². The van der Waals surface area contributed by atoms with Crippen LogP contribution in [0.5, 0.6) is 0 Å². The van der Waals surface area contributed by atoms with Gasteiger partial charge in [0.15, 0.2) is 5.69 Å². The van der Waals surface area contributed by atoms with Crippen molar-refractivity contribution >= 4 is 5.91 Å². The standard InChI is InChI=1S/C20H25N3O2/c1-14-11-17(9-10-23(14)13-15-5-3-2-4-6-15)21-20(24)18-12-19(25-22-18)16-7-8-16/h2-6,12,14,16-17H,7-11,13H2,1H3,(H,21,24)/t14-,17+/m0/s1. The summed E-state index contributed by atoms with van der Waals surface area (Å²) in [5.74, 6) is 1.23. The first kappa shape index (κ1) is 16.3. The lowest BCUT2D eigenvalue weighted by atomic mass is 9.97. The van der Waals surface area contributed by atoms with Crippen molar-refractivity contribution in [3.05, 3.63) is 53.4 Å². The van der Waals surface area contributed by atoms with E-state index in [1.54, 1.807) is 6.07 Å². The first-order chi connectivity index (χ1) is 12.2. The van der Waals surface area contributed by atoms with Crippen molar-refractivity contribution in [3.63, 3.8) is 0 Å². The second-order valence-corrected chi connectivity index (χ2v) is 7.39. The molecule has 2 aliphatic rings. The van der Waals surface area contributed by atoms with Gasteiger partial charge in [-0.2, -0.15) is 0 Å². The quantitative estimate of drug-likeness (QED) is 0.908. The van der Waals surface area contributed by atoms with Gasteiger partial charge >= 0.3 is 0 Å². The minimum absolute atomic E-state index is 0.107. The Morgan fingerprint density at radius 3 is 2.80 bits per heavy atom. The van der Waals surface area contributed by atoms with Gasteiger partial charge in [0.25, 0.3) is 5.91 Å². The summed E-state index contributed by atoms with van der Waals surface area (Å²) in [4.78, 5) is 14.9. The summed E-state index contributed by atoms with van der Waals surface area (Å²) < 4.78 is 5.28. The Morgan fingerprint density at radius 2 is 2.08 bits per heavy atom. The number of amides is 1. The number of aromatic nitrogens is 1. The van der Waals surface area contributed by atoms with Crippen LogP contribution >= 0.6 is 0 Å². The van der Waals surface area contributed by atoms with Gasteiger partial charge in [-0.3, -0.25) is 9.69 Å². The van der Waals surface area contributed by atoms with Gasteiger partial charge < -0.3 is 9.84 Å². The molecule has 5 nitrogen and oxygen atoms in total. The van der Waals surface area contributed by atoms with Gasteiger partial charge in [-0.15, -0.1) is 0 Å². The zero-order chi connectivity index (χ0) is 17.2. The Kier molecular flexibility index (Phi) is 4.57. The van der Waals surface area contributed by atoms with Gasteiger partial charge in [-0.25, -0.2) is 0 Å². The van der Waals surface area contributed by atoms with Crippen molar-refractivity contribution in [3.8, 4) is 0 Å². The van der Waals surface area contributed by atoms with Crippen molar-refractivity contribution in [1.29, 1.82) is 0 Å². The number of benzene rings is 1. The van der Waals surface area contributed by atoms with Gasteiger partial charge in [0.1, 0.15) is 5.76 Å². The molecule has 2 fully saturated rings. The summed E-state index contributed by atoms with van der Waals surface area (Å²) >= 11 is 0. The molecular formula is C20H25N3O2. The minimum Gasteiger partial charge on any atom is -0.360 e. The Hall–Kier alpha value is -2.14. The lowest BCUT2D eigenvalue weighted by Crippen LogP contribution is -2.48. The van der Waals surface area contributed by atoms with E-state index in [1.165, 1.54) is 5.56 Å². The molecule has 1 aromatic carbocycles. The maximum absolute atomic E-state index is 12.4. The fraction of sp³-hybridized carbons (Fsp3) is 0.500. The second-order valence-electron chi connectivity index (χ2n) is 7.39. The van der Waals surface area contributed by atoms with Crippen LogP contribution in [0.2, 0.25) is 0 Å². The molecule has 1 aromatic heterocycles. The number of hydrogen-bond acceptors (Lipinski definition) is 4. The number of rotatable bonds is 5. The molecular weight excluding hydrogens is 314 g/mol. The maximum atomic E-state index is 12.4. The number of nitrogens with one attached hydrogen (secondary N) is 1. The molecule has 1 aliphatic carbocycles. The third kappa shape index (κ3) is 3.93. The molecule has 2 atom stereocenters. The fourth-order valence-electron chi connectivity index (χ4n) is 3.62. The second kappa shape index (κ2) is 7.00. The largest absolute Gasteiger partial charge is 0.360 e. The minimum atomic E-state index is -0.107. The highest BCUT2D eigenvalue weighted by Crippen LogP contribution is 2.40. The van der Waals surface area contributed by atoms with E-state index in [-0.39, 0.29) is 11.9 Å². The van der Waals surface area contributed by atoms with Gasteiger partial charge in [0, 0.05) is 37.2 Å². The molecule has 0 radical (unpaired) electrons. The molecule has 1 amide bonds. The van der Waals surface area contributed by atoms with Crippen LogP contribution in [0.1, 0.15) is 60.3 Å². The monoisotopic (exact) mass is 339 g/mol. The van der Waals surface area contributed by atoms with E-state index < -0.39 is 0 Å². The van der Waals surface area contributed by atoms with Gasteiger partial charge in [0.2, 0.25) is 0 Å². The van der Waals surface area contributed by atoms with Gasteiger partial charge in [-0.1, -0.05) is 35.5 Å². The molecule has 1 saturated heterocycles. The van der Waals surface area contributed by atoms with Crippen LogP contribution in [0.3, 0.4) is 0 Å². The van der Waals surface area contributed by atoms with E-state index in [4.69, 9.17) is 4.52 Å². The van der Waals surface area contributed by atoms with E-state index in [9.17, 15) is 4.79 Å². The summed E-state index contributed by atoms with van der Waals surface area (Å²) in [6.45, 7) is 4.20. The number of piperidine rings is 1. The Bertz CT molecular complexity index is 724. The van der Waals surface area contributed by atoms with Crippen LogP contribution in [0.15, 0.2) is 40.9 Å². The predicted molar refractivity (Wildman–Crippen MR) is 95.3 cm³/mol. The van der Waals surface area contributed by atoms with E-state index in [0.29, 0.717) is 17.7 Å². The predicted octanol–water partition coefficient (Wildman–Crippen LogP) is 3.33. The van der Waals surface area contributed by atoms with E-state index in [1.807, 2.05) is 6.07 Å². The Labute approximate surface area is 148 Å². The number of carbonyl (C=O) groups excluding carboxylic acids is 1. The van der Waals surface area contributed by atoms with Crippen molar-refractivity contribution in [2.75, 3.05) is 6.54 Å². The van der Waals surface area contributed by atoms with Gasteiger partial charge in [-0.05, 0) is 38.2 Å². The number of nitrogens with zero attached hydrogens (tertiary/aromatic N) is 2. The number of carbonyl (C=O) groups is 1. The highest BCUT2D eigenvalue weighted by atomic mass is 16.5. The van der Waals surface area contributed by atoms with Gasteiger partial charge in [0.05, 0.1) is 0 Å². The van der Waals surface area contributed by atoms with Crippen LogP contribution in [0, 0.1) is 0 Å². The summed E-state index contributed by atoms with van der Waals surface area (Å²) in [6.07, 6.45) is 4.23. The van der Waals surface area contributed by atoms with E-state index in [0.717, 1.165) is 44.5 Å². The molecule has 1 aliphatic heterocycles. The van der Waals surface area contributed by atoms with Crippen molar-refractivity contribution in [1.82, 2.24) is 15.4 Å². The number of hydrogen-bond donors (Lipinski definition) is 1. The summed E-state index contributed by atoms with van der Waals surface area (Å²) in [6, 6.07) is 13.0. The molecule has 4 rings (SSSR count). The molecule has 1 saturated carbocycles. The number of likely N-dealkylation sites (tertiary alicyclic amines) is 1. The van der Waals surface area contributed by atoms with Crippen LogP contribution in [0.25, 0.3) is 0 Å². The smallest absolute Gasteiger partial charge is 0.273 e. The SMILES string of the molecule is C[C@H]1C[C@H](NC(=O)c2cc(C3CC3)on2)CCN1Cc1ccccc1. The summed E-state index contributed by atoms with van der Waals surface area (Å²) in [5.41, 5.74) is 1.76. The Morgan fingerprint density at radius 1 is 1.28 bits per heavy atom. The topological polar surface area (TPSA) is 58.4 Å². The van der Waals surface area contributed by atoms with Crippen LogP contribution in [-0.4, -0.2) is 34.6 Å². The fourth-order valence-corrected chi connectivity index (χ4v) is 3.62. The molecule has 0 bridgehead atoms. The molecule has 1 N–H and O–H groups in total. The normalized spacial score (nSPS) is 24.2. The van der Waals surface area contributed by atoms with Crippen molar-refractivity contribution in [2.24, 2.45) is 0 Å².